The first-order chi connectivity index (χ1) is 13.2. The first-order valence-corrected chi connectivity index (χ1v) is 8.62. The summed E-state index contributed by atoms with van der Waals surface area (Å²) in [6.07, 6.45) is 7.78. The zero-order valence-corrected chi connectivity index (χ0v) is 18.1. The Morgan fingerprint density at radius 2 is 2.14 bits per heavy atom. The van der Waals surface area contributed by atoms with Gasteiger partial charge < -0.3 is 25.1 Å². The van der Waals surface area contributed by atoms with Crippen LogP contribution in [-0.2, 0) is 16.1 Å². The number of hydrogen-bond acceptors (Lipinski definition) is 4. The molecule has 2 rings (SSSR count). The van der Waals surface area contributed by atoms with E-state index in [1.807, 2.05) is 12.1 Å². The zero-order valence-electron chi connectivity index (χ0n) is 15.7. The van der Waals surface area contributed by atoms with Crippen molar-refractivity contribution in [1.29, 1.82) is 0 Å². The van der Waals surface area contributed by atoms with E-state index in [9.17, 15) is 4.79 Å². The molecule has 0 saturated heterocycles. The average molecular weight is 496 g/mol. The van der Waals surface area contributed by atoms with Crippen molar-refractivity contribution in [3.63, 3.8) is 0 Å². The molecule has 0 saturated carbocycles. The van der Waals surface area contributed by atoms with Gasteiger partial charge in [-0.3, -0.25) is 9.79 Å². The summed E-state index contributed by atoms with van der Waals surface area (Å²) < 4.78 is 10.7. The summed E-state index contributed by atoms with van der Waals surface area (Å²) in [5.41, 5.74) is 1.38. The molecule has 28 heavy (non-hydrogen) atoms. The maximum Gasteiger partial charge on any atom is 0.243 e. The van der Waals surface area contributed by atoms with Crippen molar-refractivity contribution in [2.45, 2.75) is 13.0 Å². The minimum atomic E-state index is -0.186. The van der Waals surface area contributed by atoms with Crippen molar-refractivity contribution in [2.75, 3.05) is 32.1 Å². The molecule has 0 radical (unpaired) electrons. The highest BCUT2D eigenvalue weighted by Gasteiger charge is 2.04. The molecule has 8 heteroatoms. The maximum absolute atomic E-state index is 12.0. The third-order valence-corrected chi connectivity index (χ3v) is 3.54. The van der Waals surface area contributed by atoms with Gasteiger partial charge in [-0.1, -0.05) is 12.0 Å². The summed E-state index contributed by atoms with van der Waals surface area (Å²) in [6, 6.07) is 10.8. The number of nitrogens with zero attached hydrogens (tertiary/aromatic N) is 1. The second-order valence-corrected chi connectivity index (χ2v) is 5.61. The number of ether oxygens (including phenoxy) is 1. The quantitative estimate of drug-likeness (QED) is 0.163. The summed E-state index contributed by atoms with van der Waals surface area (Å²) in [4.78, 5) is 16.1. The molecule has 3 N–H and O–H groups in total. The molecule has 0 unspecified atom stereocenters. The normalized spacial score (nSPS) is 10.5. The molecule has 0 bridgehead atoms. The number of halogens is 1. The number of amides is 1. The van der Waals surface area contributed by atoms with Crippen molar-refractivity contribution in [3.05, 3.63) is 54.0 Å². The third-order valence-electron chi connectivity index (χ3n) is 3.54. The van der Waals surface area contributed by atoms with E-state index in [0.717, 1.165) is 12.2 Å². The molecule has 1 aromatic carbocycles. The van der Waals surface area contributed by atoms with Gasteiger partial charge >= 0.3 is 0 Å². The molecule has 1 aromatic heterocycles. The van der Waals surface area contributed by atoms with E-state index in [1.165, 1.54) is 0 Å². The molecule has 2 aromatic rings. The van der Waals surface area contributed by atoms with E-state index in [4.69, 9.17) is 15.6 Å². The van der Waals surface area contributed by atoms with E-state index in [1.54, 1.807) is 37.6 Å². The number of nitrogens with one attached hydrogen (secondary N) is 3. The van der Waals surface area contributed by atoms with Crippen LogP contribution in [-0.4, -0.2) is 38.6 Å². The predicted molar refractivity (Wildman–Crippen MR) is 121 cm³/mol. The van der Waals surface area contributed by atoms with Gasteiger partial charge in [-0.2, -0.15) is 0 Å². The van der Waals surface area contributed by atoms with Gasteiger partial charge in [0.2, 0.25) is 5.91 Å². The van der Waals surface area contributed by atoms with Crippen LogP contribution in [0.4, 0.5) is 5.69 Å². The van der Waals surface area contributed by atoms with Crippen LogP contribution < -0.4 is 16.0 Å². The summed E-state index contributed by atoms with van der Waals surface area (Å²) in [5, 5.41) is 8.88. The van der Waals surface area contributed by atoms with Crippen LogP contribution in [0.3, 0.4) is 0 Å². The number of aliphatic imine (C=N–C) groups is 1. The topological polar surface area (TPSA) is 87.9 Å². The molecule has 1 amide bonds. The van der Waals surface area contributed by atoms with Crippen molar-refractivity contribution in [3.8, 4) is 12.3 Å². The van der Waals surface area contributed by atoms with Crippen molar-refractivity contribution < 1.29 is 13.9 Å². The number of rotatable bonds is 9. The molecule has 0 spiro atoms. The number of hydrogen-bond donors (Lipinski definition) is 3. The van der Waals surface area contributed by atoms with Crippen molar-refractivity contribution >= 4 is 41.5 Å². The molecular formula is C20H25IN4O3. The number of terminal acetylenes is 1. The highest BCUT2D eigenvalue weighted by atomic mass is 127. The fraction of sp³-hybridized carbons (Fsp3) is 0.300. The Bertz CT molecular complexity index is 785. The SMILES string of the molecule is C#Cc1cccc(NC(=O)CNC(=NC)NCCCOCc2ccco2)c1.I. The largest absolute Gasteiger partial charge is 0.467 e. The van der Waals surface area contributed by atoms with Crippen LogP contribution >= 0.6 is 24.0 Å². The van der Waals surface area contributed by atoms with Gasteiger partial charge in [0.05, 0.1) is 12.8 Å². The van der Waals surface area contributed by atoms with Crippen LogP contribution in [0.1, 0.15) is 17.7 Å². The number of carbonyl (C=O) groups excluding carboxylic acids is 1. The minimum absolute atomic E-state index is 0. The average Bonchev–Trinajstić information content (AvgIpc) is 3.20. The Balaban J connectivity index is 0.00000392. The fourth-order valence-corrected chi connectivity index (χ4v) is 2.23. The van der Waals surface area contributed by atoms with Gasteiger partial charge in [0.25, 0.3) is 0 Å². The molecule has 150 valence electrons. The number of carbonyl (C=O) groups is 1. The van der Waals surface area contributed by atoms with Gasteiger partial charge in [-0.15, -0.1) is 30.4 Å². The summed E-state index contributed by atoms with van der Waals surface area (Å²) in [6.45, 7) is 1.82. The monoisotopic (exact) mass is 496 g/mol. The molecule has 1 heterocycles. The summed E-state index contributed by atoms with van der Waals surface area (Å²) in [5.74, 6) is 3.70. The second kappa shape index (κ2) is 13.6. The van der Waals surface area contributed by atoms with E-state index in [-0.39, 0.29) is 36.4 Å². The van der Waals surface area contributed by atoms with Crippen molar-refractivity contribution in [1.82, 2.24) is 10.6 Å². The minimum Gasteiger partial charge on any atom is -0.467 e. The molecular weight excluding hydrogens is 471 g/mol. The van der Waals surface area contributed by atoms with Gasteiger partial charge in [0.15, 0.2) is 5.96 Å². The van der Waals surface area contributed by atoms with Gasteiger partial charge in [0, 0.05) is 31.5 Å². The Hall–Kier alpha value is -2.51. The number of guanidine groups is 1. The van der Waals surface area contributed by atoms with Crippen LogP contribution in [0.5, 0.6) is 0 Å². The zero-order chi connectivity index (χ0) is 19.3. The fourth-order valence-electron chi connectivity index (χ4n) is 2.23. The van der Waals surface area contributed by atoms with Crippen LogP contribution in [0, 0.1) is 12.3 Å². The molecule has 0 atom stereocenters. The molecule has 0 aliphatic rings. The molecule has 0 aliphatic carbocycles. The van der Waals surface area contributed by atoms with Crippen LogP contribution in [0.15, 0.2) is 52.1 Å². The highest BCUT2D eigenvalue weighted by Crippen LogP contribution is 2.09. The van der Waals surface area contributed by atoms with Gasteiger partial charge in [-0.05, 0) is 36.8 Å². The number of furan rings is 1. The summed E-state index contributed by atoms with van der Waals surface area (Å²) >= 11 is 0. The standard InChI is InChI=1S/C20H24N4O3.HI/c1-3-16-7-4-8-17(13-16)24-19(25)14-23-20(21-2)22-10-6-11-26-15-18-9-5-12-27-18;/h1,4-5,7-9,12-13H,6,10-11,14-15H2,2H3,(H,24,25)(H2,21,22,23);1H. The third kappa shape index (κ3) is 8.92. The lowest BCUT2D eigenvalue weighted by Gasteiger charge is -2.12. The maximum atomic E-state index is 12.0. The molecule has 7 nitrogen and oxygen atoms in total. The predicted octanol–water partition coefficient (Wildman–Crippen LogP) is 2.59. The Morgan fingerprint density at radius 1 is 1.29 bits per heavy atom. The van der Waals surface area contributed by atoms with Crippen LogP contribution in [0.25, 0.3) is 0 Å². The Kier molecular flexibility index (Phi) is 11.5. The van der Waals surface area contributed by atoms with E-state index < -0.39 is 0 Å². The number of benzene rings is 1. The first-order valence-electron chi connectivity index (χ1n) is 8.62. The molecule has 0 aliphatic heterocycles. The van der Waals surface area contributed by atoms with E-state index in [0.29, 0.717) is 37.0 Å². The lowest BCUT2D eigenvalue weighted by molar-refractivity contribution is -0.115. The van der Waals surface area contributed by atoms with Gasteiger partial charge in [-0.25, -0.2) is 0 Å². The smallest absolute Gasteiger partial charge is 0.243 e. The highest BCUT2D eigenvalue weighted by molar-refractivity contribution is 14.0. The van der Waals surface area contributed by atoms with Gasteiger partial charge in [0.1, 0.15) is 12.4 Å². The van der Waals surface area contributed by atoms with E-state index in [2.05, 4.69) is 26.9 Å². The number of anilines is 1. The van der Waals surface area contributed by atoms with Crippen molar-refractivity contribution in [2.24, 2.45) is 4.99 Å². The van der Waals surface area contributed by atoms with Crippen LogP contribution in [0.2, 0.25) is 0 Å². The molecule has 0 fully saturated rings. The summed E-state index contributed by atoms with van der Waals surface area (Å²) in [7, 11) is 1.65. The Labute approximate surface area is 182 Å². The lowest BCUT2D eigenvalue weighted by atomic mass is 10.2. The van der Waals surface area contributed by atoms with E-state index >= 15 is 0 Å². The first kappa shape index (κ1) is 23.5. The lowest BCUT2D eigenvalue weighted by Crippen LogP contribution is -2.41. The Morgan fingerprint density at radius 3 is 2.86 bits per heavy atom. The second-order valence-electron chi connectivity index (χ2n) is 5.61.